The number of nitrogens with one attached hydrogen (secondary N) is 1. The monoisotopic (exact) mass is 207 g/mol. The van der Waals surface area contributed by atoms with E-state index < -0.39 is 0 Å². The van der Waals surface area contributed by atoms with Crippen LogP contribution < -0.4 is 5.64 Å². The molecule has 0 fully saturated rings. The zero-order valence-electron chi connectivity index (χ0n) is 9.16. The van der Waals surface area contributed by atoms with E-state index in [1.807, 2.05) is 6.26 Å². The SMILES string of the molecule is CSONO[C@@H](CC(C)C)C(C)C. The Hall–Kier alpha value is 0.230. The Morgan fingerprint density at radius 3 is 2.23 bits per heavy atom. The van der Waals surface area contributed by atoms with Crippen molar-refractivity contribution < 1.29 is 9.12 Å². The van der Waals surface area contributed by atoms with Crippen molar-refractivity contribution in [1.29, 1.82) is 0 Å². The summed E-state index contributed by atoms with van der Waals surface area (Å²) in [5, 5.41) is 0. The Kier molecular flexibility index (Phi) is 7.75. The molecule has 80 valence electrons. The highest BCUT2D eigenvalue weighted by Crippen LogP contribution is 2.15. The van der Waals surface area contributed by atoms with E-state index >= 15 is 0 Å². The lowest BCUT2D eigenvalue weighted by molar-refractivity contribution is -0.153. The second-order valence-electron chi connectivity index (χ2n) is 3.86. The van der Waals surface area contributed by atoms with Gasteiger partial charge in [-0.25, -0.2) is 4.28 Å². The van der Waals surface area contributed by atoms with Crippen LogP contribution in [0.1, 0.15) is 34.1 Å². The molecule has 0 rings (SSSR count). The van der Waals surface area contributed by atoms with Gasteiger partial charge in [0.2, 0.25) is 0 Å². The molecule has 0 aromatic rings. The maximum Gasteiger partial charge on any atom is 0.0842 e. The first kappa shape index (κ1) is 13.2. The third kappa shape index (κ3) is 7.31. The van der Waals surface area contributed by atoms with Crippen molar-refractivity contribution in [1.82, 2.24) is 5.64 Å². The van der Waals surface area contributed by atoms with Crippen molar-refractivity contribution in [3.05, 3.63) is 0 Å². The third-order valence-electron chi connectivity index (χ3n) is 1.76. The minimum atomic E-state index is 0.215. The summed E-state index contributed by atoms with van der Waals surface area (Å²) in [5.74, 6) is 1.14. The quantitative estimate of drug-likeness (QED) is 0.395. The standard InChI is InChI=1S/C9H21NO2S/c1-7(2)6-9(8(3)4)11-10-12-13-5/h7-10H,6H2,1-5H3/t9-/m0/s1. The minimum absolute atomic E-state index is 0.215. The molecule has 0 amide bonds. The summed E-state index contributed by atoms with van der Waals surface area (Å²) >= 11 is 1.24. The summed E-state index contributed by atoms with van der Waals surface area (Å²) in [5.41, 5.74) is 2.48. The van der Waals surface area contributed by atoms with Gasteiger partial charge in [0.15, 0.2) is 0 Å². The van der Waals surface area contributed by atoms with Crippen molar-refractivity contribution in [3.63, 3.8) is 0 Å². The Balaban J connectivity index is 3.67. The number of hydrogen-bond donors (Lipinski definition) is 1. The van der Waals surface area contributed by atoms with Crippen LogP contribution in [0.4, 0.5) is 0 Å². The van der Waals surface area contributed by atoms with E-state index in [0.29, 0.717) is 11.8 Å². The van der Waals surface area contributed by atoms with Gasteiger partial charge in [0.05, 0.1) is 6.10 Å². The van der Waals surface area contributed by atoms with Crippen LogP contribution in [0.25, 0.3) is 0 Å². The minimum Gasteiger partial charge on any atom is -0.272 e. The molecular formula is C9H21NO2S. The van der Waals surface area contributed by atoms with E-state index in [0.717, 1.165) is 6.42 Å². The second kappa shape index (κ2) is 7.62. The van der Waals surface area contributed by atoms with Gasteiger partial charge in [-0.1, -0.05) is 33.3 Å². The van der Waals surface area contributed by atoms with E-state index in [1.165, 1.54) is 12.0 Å². The molecule has 0 saturated heterocycles. The summed E-state index contributed by atoms with van der Waals surface area (Å²) in [4.78, 5) is 5.36. The van der Waals surface area contributed by atoms with Crippen LogP contribution in [-0.4, -0.2) is 12.4 Å². The molecule has 4 heteroatoms. The van der Waals surface area contributed by atoms with E-state index in [9.17, 15) is 0 Å². The maximum atomic E-state index is 5.36. The summed E-state index contributed by atoms with van der Waals surface area (Å²) in [6.07, 6.45) is 3.10. The molecule has 3 nitrogen and oxygen atoms in total. The topological polar surface area (TPSA) is 30.5 Å². The Labute approximate surface area is 85.7 Å². The summed E-state index contributed by atoms with van der Waals surface area (Å²) in [6, 6.07) is 0. The fourth-order valence-corrected chi connectivity index (χ4v) is 1.14. The number of hydrogen-bond acceptors (Lipinski definition) is 4. The van der Waals surface area contributed by atoms with Crippen LogP contribution in [-0.2, 0) is 9.12 Å². The van der Waals surface area contributed by atoms with Gasteiger partial charge in [-0.3, -0.25) is 4.84 Å². The lowest BCUT2D eigenvalue weighted by Gasteiger charge is -2.22. The number of rotatable bonds is 7. The van der Waals surface area contributed by atoms with Gasteiger partial charge in [0.1, 0.15) is 0 Å². The van der Waals surface area contributed by atoms with Crippen LogP contribution in [0.3, 0.4) is 0 Å². The van der Waals surface area contributed by atoms with Crippen LogP contribution in [0.15, 0.2) is 0 Å². The average molecular weight is 207 g/mol. The molecule has 13 heavy (non-hydrogen) atoms. The lowest BCUT2D eigenvalue weighted by Crippen LogP contribution is -2.28. The molecule has 0 aliphatic heterocycles. The fourth-order valence-electron chi connectivity index (χ4n) is 1.04. The first-order valence-corrected chi connectivity index (χ1v) is 5.83. The molecule has 0 spiro atoms. The Morgan fingerprint density at radius 1 is 1.23 bits per heavy atom. The molecule has 1 N–H and O–H groups in total. The lowest BCUT2D eigenvalue weighted by atomic mass is 9.97. The molecule has 0 aliphatic rings. The van der Waals surface area contributed by atoms with Gasteiger partial charge in [-0.05, 0) is 18.3 Å². The van der Waals surface area contributed by atoms with Gasteiger partial charge in [0.25, 0.3) is 0 Å². The highest BCUT2D eigenvalue weighted by atomic mass is 32.2. The Bertz CT molecular complexity index is 120. The fraction of sp³-hybridized carbons (Fsp3) is 1.00. The second-order valence-corrected chi connectivity index (χ2v) is 4.36. The van der Waals surface area contributed by atoms with Gasteiger partial charge in [-0.15, -0.1) is 0 Å². The van der Waals surface area contributed by atoms with Crippen molar-refractivity contribution in [2.45, 2.75) is 40.2 Å². The molecule has 0 aromatic carbocycles. The highest BCUT2D eigenvalue weighted by molar-refractivity contribution is 7.93. The van der Waals surface area contributed by atoms with Gasteiger partial charge in [-0.2, -0.15) is 0 Å². The third-order valence-corrected chi connectivity index (χ3v) is 2.00. The highest BCUT2D eigenvalue weighted by Gasteiger charge is 2.15. The molecule has 0 radical (unpaired) electrons. The average Bonchev–Trinajstić information content (AvgIpc) is 2.02. The van der Waals surface area contributed by atoms with Gasteiger partial charge >= 0.3 is 0 Å². The van der Waals surface area contributed by atoms with E-state index in [1.54, 1.807) is 0 Å². The maximum absolute atomic E-state index is 5.36. The van der Waals surface area contributed by atoms with Crippen molar-refractivity contribution in [2.24, 2.45) is 11.8 Å². The first-order valence-electron chi connectivity index (χ1n) is 4.68. The molecule has 0 bridgehead atoms. The molecule has 0 heterocycles. The molecule has 0 aromatic heterocycles. The van der Waals surface area contributed by atoms with Crippen LogP contribution >= 0.6 is 12.0 Å². The largest absolute Gasteiger partial charge is 0.272 e. The van der Waals surface area contributed by atoms with Crippen molar-refractivity contribution in [2.75, 3.05) is 6.26 Å². The smallest absolute Gasteiger partial charge is 0.0842 e. The predicted molar refractivity (Wildman–Crippen MR) is 56.9 cm³/mol. The van der Waals surface area contributed by atoms with E-state index in [2.05, 4.69) is 33.3 Å². The summed E-state index contributed by atoms with van der Waals surface area (Å²) in [7, 11) is 0. The van der Waals surface area contributed by atoms with Crippen LogP contribution in [0.2, 0.25) is 0 Å². The first-order chi connectivity index (χ1) is 6.07. The van der Waals surface area contributed by atoms with Crippen LogP contribution in [0, 0.1) is 11.8 Å². The normalized spacial score (nSPS) is 14.1. The Morgan fingerprint density at radius 2 is 1.85 bits per heavy atom. The van der Waals surface area contributed by atoms with E-state index in [4.69, 9.17) is 9.12 Å². The summed E-state index contributed by atoms with van der Waals surface area (Å²) in [6.45, 7) is 8.67. The van der Waals surface area contributed by atoms with E-state index in [-0.39, 0.29) is 6.10 Å². The van der Waals surface area contributed by atoms with Crippen molar-refractivity contribution in [3.8, 4) is 0 Å². The van der Waals surface area contributed by atoms with Crippen LogP contribution in [0.5, 0.6) is 0 Å². The molecule has 0 unspecified atom stereocenters. The molecule has 1 atom stereocenters. The molecule has 0 saturated carbocycles. The molecular weight excluding hydrogens is 186 g/mol. The zero-order valence-corrected chi connectivity index (χ0v) is 9.98. The summed E-state index contributed by atoms with van der Waals surface area (Å²) < 4.78 is 4.84. The predicted octanol–water partition coefficient (Wildman–Crippen LogP) is 2.79. The van der Waals surface area contributed by atoms with Gasteiger partial charge < -0.3 is 0 Å². The molecule has 0 aliphatic carbocycles. The van der Waals surface area contributed by atoms with Gasteiger partial charge in [0, 0.05) is 18.3 Å². The zero-order chi connectivity index (χ0) is 10.3. The van der Waals surface area contributed by atoms with Crippen molar-refractivity contribution >= 4 is 12.0 Å².